The smallest absolute Gasteiger partial charge is 0.366 e. The summed E-state index contributed by atoms with van der Waals surface area (Å²) in [6.07, 6.45) is -3.81. The highest BCUT2D eigenvalue weighted by molar-refractivity contribution is 5.80. The lowest BCUT2D eigenvalue weighted by Crippen LogP contribution is -2.42. The predicted octanol–water partition coefficient (Wildman–Crippen LogP) is 5.22. The van der Waals surface area contributed by atoms with E-state index in [0.717, 1.165) is 23.2 Å². The average molecular weight is 489 g/mol. The van der Waals surface area contributed by atoms with Crippen molar-refractivity contribution in [2.45, 2.75) is 38.9 Å². The van der Waals surface area contributed by atoms with Gasteiger partial charge in [0.05, 0.1) is 27.6 Å². The predicted molar refractivity (Wildman–Crippen MR) is 125 cm³/mol. The number of carbonyl (C=O) groups is 1. The number of aromatic amines is 1. The van der Waals surface area contributed by atoms with Crippen LogP contribution in [0.1, 0.15) is 44.1 Å². The number of H-pyrrole nitrogens is 1. The minimum atomic E-state index is -4.67. The summed E-state index contributed by atoms with van der Waals surface area (Å²) in [5, 5.41) is 14.5. The Hall–Kier alpha value is -3.63. The molecular formula is C24H26F3N5O3. The maximum absolute atomic E-state index is 13.1. The molecule has 186 valence electrons. The number of fused-ring (bicyclic) bond motifs is 1. The zero-order chi connectivity index (χ0) is 25.3. The summed E-state index contributed by atoms with van der Waals surface area (Å²) >= 11 is 0. The highest BCUT2D eigenvalue weighted by Crippen LogP contribution is 2.38. The van der Waals surface area contributed by atoms with Gasteiger partial charge in [-0.3, -0.25) is 14.9 Å². The van der Waals surface area contributed by atoms with Crippen molar-refractivity contribution < 1.29 is 22.9 Å². The Bertz CT molecular complexity index is 1200. The van der Waals surface area contributed by atoms with Crippen molar-refractivity contribution in [3.63, 3.8) is 0 Å². The number of rotatable bonds is 6. The van der Waals surface area contributed by atoms with Gasteiger partial charge in [-0.25, -0.2) is 4.98 Å². The maximum Gasteiger partial charge on any atom is 0.416 e. The van der Waals surface area contributed by atoms with Crippen LogP contribution in [0.5, 0.6) is 0 Å². The van der Waals surface area contributed by atoms with Crippen LogP contribution in [0.15, 0.2) is 42.5 Å². The summed E-state index contributed by atoms with van der Waals surface area (Å²) in [5.74, 6) is 0.304. The number of hydrogen-bond donors (Lipinski definition) is 2. The zero-order valence-electron chi connectivity index (χ0n) is 19.3. The van der Waals surface area contributed by atoms with E-state index >= 15 is 0 Å². The molecule has 0 aliphatic carbocycles. The van der Waals surface area contributed by atoms with E-state index in [1.165, 1.54) is 0 Å². The van der Waals surface area contributed by atoms with Crippen molar-refractivity contribution in [2.75, 3.05) is 18.0 Å². The number of alkyl halides is 3. The second-order valence-electron chi connectivity index (χ2n) is 9.09. The lowest BCUT2D eigenvalue weighted by Gasteiger charge is -2.33. The number of amides is 1. The second-order valence-corrected chi connectivity index (χ2v) is 9.09. The number of hydrogen-bond acceptors (Lipinski definition) is 5. The molecule has 2 aromatic carbocycles. The van der Waals surface area contributed by atoms with Gasteiger partial charge in [0.2, 0.25) is 5.91 Å². The third kappa shape index (κ3) is 5.23. The Labute approximate surface area is 199 Å². The van der Waals surface area contributed by atoms with Gasteiger partial charge in [-0.15, -0.1) is 0 Å². The molecule has 2 heterocycles. The van der Waals surface area contributed by atoms with Crippen molar-refractivity contribution in [1.82, 2.24) is 15.3 Å². The molecule has 11 heteroatoms. The molecular weight excluding hydrogens is 463 g/mol. The van der Waals surface area contributed by atoms with E-state index in [1.807, 2.05) is 38.1 Å². The number of anilines is 1. The van der Waals surface area contributed by atoms with Crippen LogP contribution in [-0.4, -0.2) is 33.9 Å². The first kappa shape index (κ1) is 24.5. The number of piperidine rings is 1. The highest BCUT2D eigenvalue weighted by Gasteiger charge is 2.35. The van der Waals surface area contributed by atoms with Crippen molar-refractivity contribution >= 4 is 28.3 Å². The quantitative estimate of drug-likeness (QED) is 0.365. The molecule has 8 nitrogen and oxygen atoms in total. The van der Waals surface area contributed by atoms with Gasteiger partial charge in [-0.05, 0) is 43.0 Å². The van der Waals surface area contributed by atoms with Crippen molar-refractivity contribution in [3.8, 4) is 0 Å². The lowest BCUT2D eigenvalue weighted by atomic mass is 9.94. The van der Waals surface area contributed by atoms with E-state index < -0.39 is 22.4 Å². The SMILES string of the molecule is CC(C)C(NC(=O)C1CCN(c2ccc(C(F)(F)F)cc2[N+](=O)[O-])CC1)c1nc2ccccc2[nH]1. The Balaban J connectivity index is 1.44. The number of nitro groups is 1. The fourth-order valence-corrected chi connectivity index (χ4v) is 4.44. The van der Waals surface area contributed by atoms with Gasteiger partial charge in [0.15, 0.2) is 0 Å². The third-order valence-corrected chi connectivity index (χ3v) is 6.37. The summed E-state index contributed by atoms with van der Waals surface area (Å²) in [4.78, 5) is 33.3. The number of halogens is 3. The molecule has 1 atom stereocenters. The Kier molecular flexibility index (Phi) is 6.68. The monoisotopic (exact) mass is 489 g/mol. The van der Waals surface area contributed by atoms with Crippen LogP contribution in [0.3, 0.4) is 0 Å². The van der Waals surface area contributed by atoms with Gasteiger partial charge >= 0.3 is 6.18 Å². The first-order valence-electron chi connectivity index (χ1n) is 11.4. The third-order valence-electron chi connectivity index (χ3n) is 6.37. The summed E-state index contributed by atoms with van der Waals surface area (Å²) in [6, 6.07) is 9.84. The lowest BCUT2D eigenvalue weighted by molar-refractivity contribution is -0.384. The molecule has 1 fully saturated rings. The van der Waals surface area contributed by atoms with E-state index in [0.29, 0.717) is 37.8 Å². The van der Waals surface area contributed by atoms with Gasteiger partial charge in [0.1, 0.15) is 11.5 Å². The molecule has 1 unspecified atom stereocenters. The number of para-hydroxylation sites is 2. The zero-order valence-corrected chi connectivity index (χ0v) is 19.3. The molecule has 3 aromatic rings. The van der Waals surface area contributed by atoms with Crippen molar-refractivity contribution in [3.05, 3.63) is 64.0 Å². The maximum atomic E-state index is 13.1. The molecule has 0 radical (unpaired) electrons. The van der Waals surface area contributed by atoms with Crippen LogP contribution in [0.2, 0.25) is 0 Å². The molecule has 0 bridgehead atoms. The largest absolute Gasteiger partial charge is 0.416 e. The molecule has 1 aliphatic heterocycles. The number of nitrogens with zero attached hydrogens (tertiary/aromatic N) is 3. The first-order chi connectivity index (χ1) is 16.5. The molecule has 1 aliphatic rings. The number of benzene rings is 2. The van der Waals surface area contributed by atoms with Crippen LogP contribution >= 0.6 is 0 Å². The second kappa shape index (κ2) is 9.55. The summed E-state index contributed by atoms with van der Waals surface area (Å²) < 4.78 is 39.0. The van der Waals surface area contributed by atoms with E-state index in [1.54, 1.807) is 4.90 Å². The Morgan fingerprint density at radius 2 is 1.89 bits per heavy atom. The van der Waals surface area contributed by atoms with E-state index in [9.17, 15) is 28.1 Å². The van der Waals surface area contributed by atoms with Gasteiger partial charge < -0.3 is 15.2 Å². The van der Waals surface area contributed by atoms with E-state index in [2.05, 4.69) is 15.3 Å². The van der Waals surface area contributed by atoms with Crippen molar-refractivity contribution in [2.24, 2.45) is 11.8 Å². The van der Waals surface area contributed by atoms with Crippen LogP contribution in [0.25, 0.3) is 11.0 Å². The highest BCUT2D eigenvalue weighted by atomic mass is 19.4. The molecule has 0 saturated carbocycles. The Morgan fingerprint density at radius 3 is 2.49 bits per heavy atom. The number of nitrogens with one attached hydrogen (secondary N) is 2. The minimum absolute atomic E-state index is 0.0781. The number of nitro benzene ring substituents is 1. The van der Waals surface area contributed by atoms with Crippen LogP contribution < -0.4 is 10.2 Å². The summed E-state index contributed by atoms with van der Waals surface area (Å²) in [6.45, 7) is 4.62. The van der Waals surface area contributed by atoms with Crippen LogP contribution in [0, 0.1) is 22.0 Å². The summed E-state index contributed by atoms with van der Waals surface area (Å²) in [7, 11) is 0. The van der Waals surface area contributed by atoms with E-state index in [4.69, 9.17) is 0 Å². The number of carbonyl (C=O) groups excluding carboxylic acids is 1. The van der Waals surface area contributed by atoms with Gasteiger partial charge in [-0.2, -0.15) is 13.2 Å². The fraction of sp³-hybridized carbons (Fsp3) is 0.417. The molecule has 1 aromatic heterocycles. The van der Waals surface area contributed by atoms with Crippen LogP contribution in [0.4, 0.5) is 24.5 Å². The van der Waals surface area contributed by atoms with Gasteiger partial charge in [-0.1, -0.05) is 26.0 Å². The number of aromatic nitrogens is 2. The van der Waals surface area contributed by atoms with Gasteiger partial charge in [0, 0.05) is 25.1 Å². The number of imidazole rings is 1. The molecule has 35 heavy (non-hydrogen) atoms. The van der Waals surface area contributed by atoms with Crippen LogP contribution in [-0.2, 0) is 11.0 Å². The van der Waals surface area contributed by atoms with Gasteiger partial charge in [0.25, 0.3) is 5.69 Å². The molecule has 4 rings (SSSR count). The standard InChI is InChI=1S/C24H26F3N5O3/c1-14(2)21(22-28-17-5-3-4-6-18(17)29-22)30-23(33)15-9-11-31(12-10-15)19-8-7-16(24(25,26)27)13-20(19)32(34)35/h3-8,13-15,21H,9-12H2,1-2H3,(H,28,29)(H,30,33). The molecule has 1 saturated heterocycles. The fourth-order valence-electron chi connectivity index (χ4n) is 4.44. The Morgan fingerprint density at radius 1 is 1.20 bits per heavy atom. The first-order valence-corrected chi connectivity index (χ1v) is 11.4. The topological polar surface area (TPSA) is 104 Å². The average Bonchev–Trinajstić information content (AvgIpc) is 3.25. The molecule has 2 N–H and O–H groups in total. The molecule has 0 spiro atoms. The minimum Gasteiger partial charge on any atom is -0.366 e. The van der Waals surface area contributed by atoms with Crippen molar-refractivity contribution in [1.29, 1.82) is 0 Å². The molecule has 1 amide bonds. The van der Waals surface area contributed by atoms with E-state index in [-0.39, 0.29) is 29.5 Å². The normalized spacial score (nSPS) is 16.0. The summed E-state index contributed by atoms with van der Waals surface area (Å²) in [5.41, 5.74) is 0.173.